The zero-order valence-corrected chi connectivity index (χ0v) is 26.6. The van der Waals surface area contributed by atoms with Gasteiger partial charge in [-0.2, -0.15) is 0 Å². The van der Waals surface area contributed by atoms with Crippen molar-refractivity contribution in [3.8, 4) is 5.75 Å². The van der Waals surface area contributed by atoms with Crippen LogP contribution in [-0.4, -0.2) is 63.3 Å². The van der Waals surface area contributed by atoms with Gasteiger partial charge in [-0.25, -0.2) is 0 Å². The van der Waals surface area contributed by atoms with Crippen LogP contribution in [0, 0.1) is 5.92 Å². The molecule has 0 bridgehead atoms. The number of aliphatic hydroxyl groups excluding tert-OH is 1. The highest BCUT2D eigenvalue weighted by Gasteiger charge is 2.66. The molecule has 4 atom stereocenters. The molecule has 3 aromatic rings. The maximum Gasteiger partial charge on any atom is 0.264 e. The van der Waals surface area contributed by atoms with Crippen LogP contribution in [0.15, 0.2) is 72.8 Å². The number of fused-ring (bicyclic) bond motifs is 2. The van der Waals surface area contributed by atoms with Crippen LogP contribution in [0.1, 0.15) is 24.5 Å². The lowest BCUT2D eigenvalue weighted by atomic mass is 9.82. The highest BCUT2D eigenvalue weighted by molar-refractivity contribution is 6.91. The maximum absolute atomic E-state index is 14.1. The lowest BCUT2D eigenvalue weighted by molar-refractivity contribution is -0.149. The van der Waals surface area contributed by atoms with Crippen LogP contribution in [0.4, 0.5) is 5.69 Å². The third kappa shape index (κ3) is 5.15. The molecule has 9 heteroatoms. The summed E-state index contributed by atoms with van der Waals surface area (Å²) in [5.41, 5.74) is 1.19. The van der Waals surface area contributed by atoms with Gasteiger partial charge in [-0.15, -0.1) is 0 Å². The molecule has 0 unspecified atom stereocenters. The van der Waals surface area contributed by atoms with Gasteiger partial charge in [0.25, 0.3) is 5.91 Å². The number of anilines is 1. The first kappa shape index (κ1) is 30.3. The molecule has 0 aliphatic carbocycles. The summed E-state index contributed by atoms with van der Waals surface area (Å²) < 4.78 is 12.4. The van der Waals surface area contributed by atoms with E-state index in [0.29, 0.717) is 11.6 Å². The van der Waals surface area contributed by atoms with Crippen molar-refractivity contribution in [3.63, 3.8) is 0 Å². The lowest BCUT2D eigenvalue weighted by Gasteiger charge is -2.37. The summed E-state index contributed by atoms with van der Waals surface area (Å²) in [5.74, 6) is 0.299. The van der Waals surface area contributed by atoms with E-state index in [1.54, 1.807) is 30.0 Å². The van der Waals surface area contributed by atoms with E-state index >= 15 is 0 Å². The molecular weight excluding hydrogens is 568 g/mol. The number of nitrogens with zero attached hydrogens (tertiary/aromatic N) is 2. The van der Waals surface area contributed by atoms with Crippen LogP contribution in [-0.2, 0) is 26.5 Å². The topological polar surface area (TPSA) is 79.3 Å². The highest BCUT2D eigenvalue weighted by atomic mass is 35.5. The van der Waals surface area contributed by atoms with Crippen molar-refractivity contribution in [1.29, 1.82) is 0 Å². The molecule has 0 radical (unpaired) electrons. The highest BCUT2D eigenvalue weighted by Crippen LogP contribution is 2.60. The molecule has 1 fully saturated rings. The number of aliphatic hydroxyl groups is 1. The summed E-state index contributed by atoms with van der Waals surface area (Å²) in [6.45, 7) is 7.11. The fourth-order valence-electron chi connectivity index (χ4n) is 7.11. The van der Waals surface area contributed by atoms with Crippen molar-refractivity contribution in [2.75, 3.05) is 32.2 Å². The van der Waals surface area contributed by atoms with E-state index in [0.717, 1.165) is 22.6 Å². The Morgan fingerprint density at radius 3 is 2.45 bits per heavy atom. The Morgan fingerprint density at radius 1 is 1.12 bits per heavy atom. The summed E-state index contributed by atoms with van der Waals surface area (Å²) in [6, 6.07) is 23.4. The third-order valence-electron chi connectivity index (χ3n) is 9.24. The van der Waals surface area contributed by atoms with E-state index in [2.05, 4.69) is 32.2 Å². The molecule has 1 spiro atoms. The zero-order chi connectivity index (χ0) is 30.2. The molecule has 0 saturated carbocycles. The van der Waals surface area contributed by atoms with Crippen LogP contribution in [0.5, 0.6) is 5.75 Å². The van der Waals surface area contributed by atoms with Gasteiger partial charge in [-0.05, 0) is 41.4 Å². The van der Waals surface area contributed by atoms with Crippen molar-refractivity contribution < 1.29 is 24.2 Å². The number of amides is 2. The van der Waals surface area contributed by atoms with Gasteiger partial charge in [0.05, 0.1) is 40.0 Å². The SMILES string of the molecule is COc1ccc([Si](C)(C)[C@H]2[C@H](CC(=O)N(CCO)Cc3ccccc3)O[C@@]3(C(=O)N(C)c4ccc(Cl)cc43)[C@@H]2C)cc1. The summed E-state index contributed by atoms with van der Waals surface area (Å²) in [6.07, 6.45) is -0.418. The molecule has 1 N–H and O–H groups in total. The van der Waals surface area contributed by atoms with Crippen LogP contribution >= 0.6 is 11.6 Å². The van der Waals surface area contributed by atoms with E-state index < -0.39 is 19.8 Å². The minimum Gasteiger partial charge on any atom is -0.497 e. The number of methoxy groups -OCH3 is 1. The summed E-state index contributed by atoms with van der Waals surface area (Å²) in [7, 11) is 1.03. The van der Waals surface area contributed by atoms with Crippen molar-refractivity contribution in [3.05, 3.63) is 88.9 Å². The first-order chi connectivity index (χ1) is 20.0. The summed E-state index contributed by atoms with van der Waals surface area (Å²) >= 11 is 6.48. The molecule has 2 heterocycles. The van der Waals surface area contributed by atoms with E-state index in [1.807, 2.05) is 54.6 Å². The normalized spacial score (nSPS) is 23.4. The molecule has 5 rings (SSSR count). The molecule has 7 nitrogen and oxygen atoms in total. The van der Waals surface area contributed by atoms with Crippen molar-refractivity contribution in [1.82, 2.24) is 4.90 Å². The predicted octanol–water partition coefficient (Wildman–Crippen LogP) is 4.95. The Balaban J connectivity index is 1.56. The van der Waals surface area contributed by atoms with E-state index in [9.17, 15) is 14.7 Å². The minimum atomic E-state index is -2.39. The molecule has 3 aromatic carbocycles. The van der Waals surface area contributed by atoms with E-state index in [4.69, 9.17) is 21.1 Å². The lowest BCUT2D eigenvalue weighted by Crippen LogP contribution is -2.52. The predicted molar refractivity (Wildman–Crippen MR) is 168 cm³/mol. The van der Waals surface area contributed by atoms with Gasteiger partial charge in [-0.3, -0.25) is 9.59 Å². The molecule has 2 aliphatic rings. The van der Waals surface area contributed by atoms with Crippen molar-refractivity contribution in [2.45, 2.75) is 50.2 Å². The first-order valence-electron chi connectivity index (χ1n) is 14.4. The molecule has 222 valence electrons. The molecular formula is C33H39ClN2O5Si. The third-order valence-corrected chi connectivity index (χ3v) is 13.8. The first-order valence-corrected chi connectivity index (χ1v) is 17.8. The molecule has 1 saturated heterocycles. The molecule has 0 aromatic heterocycles. The number of ether oxygens (including phenoxy) is 2. The second-order valence-electron chi connectivity index (χ2n) is 11.9. The van der Waals surface area contributed by atoms with Crippen LogP contribution < -0.4 is 14.8 Å². The van der Waals surface area contributed by atoms with Gasteiger partial charge in [-0.1, -0.05) is 79.3 Å². The number of halogens is 1. The second-order valence-corrected chi connectivity index (χ2v) is 17.0. The van der Waals surface area contributed by atoms with Crippen molar-refractivity contribution >= 4 is 42.4 Å². The fourth-order valence-corrected chi connectivity index (χ4v) is 11.3. The second kappa shape index (κ2) is 11.8. The van der Waals surface area contributed by atoms with E-state index in [1.165, 1.54) is 5.19 Å². The Hall–Kier alpha value is -3.17. The summed E-state index contributed by atoms with van der Waals surface area (Å²) in [5, 5.41) is 11.5. The zero-order valence-electron chi connectivity index (χ0n) is 24.8. The number of carbonyl (C=O) groups is 2. The van der Waals surface area contributed by atoms with Gasteiger partial charge >= 0.3 is 0 Å². The summed E-state index contributed by atoms with van der Waals surface area (Å²) in [4.78, 5) is 31.4. The number of likely N-dealkylation sites (N-methyl/N-ethyl adjacent to an activating group) is 1. The Morgan fingerprint density at radius 2 is 1.81 bits per heavy atom. The number of benzene rings is 3. The number of hydrogen-bond donors (Lipinski definition) is 1. The standard InChI is InChI=1S/C33H39ClN2O5Si/c1-22-31(42(4,5)26-14-12-25(40-3)13-15-26)29(20-30(38)36(17-18-37)21-23-9-7-6-8-10-23)41-33(22)27-19-24(34)11-16-28(27)35(2)32(33)39/h6-16,19,22,29,31,37H,17-18,20-21H2,1-5H3/t22-,29+,31-,33+/m1/s1. The van der Waals surface area contributed by atoms with Crippen LogP contribution in [0.2, 0.25) is 23.7 Å². The van der Waals surface area contributed by atoms with Crippen LogP contribution in [0.3, 0.4) is 0 Å². The molecule has 2 aliphatic heterocycles. The molecule has 2 amide bonds. The number of hydrogen-bond acceptors (Lipinski definition) is 5. The smallest absolute Gasteiger partial charge is 0.264 e. The quantitative estimate of drug-likeness (QED) is 0.349. The average molecular weight is 607 g/mol. The van der Waals surface area contributed by atoms with Gasteiger partial charge in [0, 0.05) is 36.6 Å². The largest absolute Gasteiger partial charge is 0.497 e. The Kier molecular flexibility index (Phi) is 8.54. The van der Waals surface area contributed by atoms with Crippen molar-refractivity contribution in [2.24, 2.45) is 5.92 Å². The maximum atomic E-state index is 14.1. The fraction of sp³-hybridized carbons (Fsp3) is 0.394. The van der Waals surface area contributed by atoms with Gasteiger partial charge in [0.1, 0.15) is 5.75 Å². The van der Waals surface area contributed by atoms with Crippen LogP contribution in [0.25, 0.3) is 0 Å². The monoisotopic (exact) mass is 606 g/mol. The number of carbonyl (C=O) groups excluding carboxylic acids is 2. The van der Waals surface area contributed by atoms with E-state index in [-0.39, 0.29) is 42.8 Å². The Bertz CT molecular complexity index is 1450. The Labute approximate surface area is 254 Å². The minimum absolute atomic E-state index is 0.0789. The van der Waals surface area contributed by atoms with Gasteiger partial charge < -0.3 is 24.4 Å². The van der Waals surface area contributed by atoms with Gasteiger partial charge in [0.2, 0.25) is 5.91 Å². The number of rotatable bonds is 9. The molecule has 42 heavy (non-hydrogen) atoms. The van der Waals surface area contributed by atoms with Gasteiger partial charge in [0.15, 0.2) is 5.60 Å². The average Bonchev–Trinajstić information content (AvgIpc) is 3.39.